The molecular weight excluding hydrogens is 256 g/mol. The van der Waals surface area contributed by atoms with E-state index in [-0.39, 0.29) is 5.56 Å². The number of rotatable bonds is 3. The van der Waals surface area contributed by atoms with Gasteiger partial charge in [0.15, 0.2) is 0 Å². The number of hydrogen-bond acceptors (Lipinski definition) is 4. The molecule has 0 radical (unpaired) electrons. The van der Waals surface area contributed by atoms with Crippen LogP contribution in [0.1, 0.15) is 36.7 Å². The predicted molar refractivity (Wildman–Crippen MR) is 69.1 cm³/mol. The third kappa shape index (κ3) is 2.26. The Morgan fingerprint density at radius 1 is 1.41 bits per heavy atom. The number of aromatic carboxylic acids is 1. The van der Waals surface area contributed by atoms with E-state index in [0.717, 1.165) is 15.3 Å². The number of aliphatic hydroxyl groups excluding tert-OH is 1. The molecule has 0 saturated carbocycles. The maximum atomic E-state index is 11.0. The van der Waals surface area contributed by atoms with Crippen LogP contribution in [0.25, 0.3) is 0 Å². The first-order chi connectivity index (χ1) is 8.00. The van der Waals surface area contributed by atoms with Gasteiger partial charge < -0.3 is 10.2 Å². The highest BCUT2D eigenvalue weighted by atomic mass is 32.1. The lowest BCUT2D eigenvalue weighted by Crippen LogP contribution is -2.04. The van der Waals surface area contributed by atoms with E-state index in [4.69, 9.17) is 5.11 Å². The Bertz CT molecular complexity index is 554. The van der Waals surface area contributed by atoms with Crippen molar-refractivity contribution in [2.24, 2.45) is 0 Å². The Labute approximate surface area is 107 Å². The molecular formula is C12H12O3S2. The van der Waals surface area contributed by atoms with Crippen molar-refractivity contribution in [3.63, 3.8) is 0 Å². The number of aliphatic hydroxyl groups is 1. The van der Waals surface area contributed by atoms with Gasteiger partial charge in [0.2, 0.25) is 0 Å². The van der Waals surface area contributed by atoms with Crippen molar-refractivity contribution in [2.45, 2.75) is 20.0 Å². The summed E-state index contributed by atoms with van der Waals surface area (Å²) in [4.78, 5) is 13.6. The molecule has 2 N–H and O–H groups in total. The lowest BCUT2D eigenvalue weighted by molar-refractivity contribution is 0.0692. The van der Waals surface area contributed by atoms with Crippen molar-refractivity contribution >= 4 is 28.6 Å². The average Bonchev–Trinajstić information content (AvgIpc) is 2.83. The molecule has 17 heavy (non-hydrogen) atoms. The van der Waals surface area contributed by atoms with Crippen molar-refractivity contribution in [3.05, 3.63) is 43.3 Å². The van der Waals surface area contributed by atoms with Crippen LogP contribution < -0.4 is 0 Å². The summed E-state index contributed by atoms with van der Waals surface area (Å²) < 4.78 is 0. The van der Waals surface area contributed by atoms with E-state index in [9.17, 15) is 9.90 Å². The lowest BCUT2D eigenvalue weighted by atomic mass is 10.1. The van der Waals surface area contributed by atoms with Crippen molar-refractivity contribution < 1.29 is 15.0 Å². The molecule has 0 spiro atoms. The molecule has 0 saturated heterocycles. The molecule has 0 aliphatic heterocycles. The van der Waals surface area contributed by atoms with Gasteiger partial charge in [-0.25, -0.2) is 4.79 Å². The van der Waals surface area contributed by atoms with E-state index in [0.29, 0.717) is 4.88 Å². The van der Waals surface area contributed by atoms with Gasteiger partial charge in [-0.2, -0.15) is 0 Å². The Morgan fingerprint density at radius 2 is 2.12 bits per heavy atom. The largest absolute Gasteiger partial charge is 0.478 e. The highest BCUT2D eigenvalue weighted by molar-refractivity contribution is 7.12. The van der Waals surface area contributed by atoms with Crippen LogP contribution in [-0.2, 0) is 0 Å². The molecule has 0 bridgehead atoms. The van der Waals surface area contributed by atoms with Gasteiger partial charge >= 0.3 is 5.97 Å². The summed E-state index contributed by atoms with van der Waals surface area (Å²) >= 11 is 2.88. The fourth-order valence-corrected chi connectivity index (χ4v) is 3.62. The summed E-state index contributed by atoms with van der Waals surface area (Å²) in [6.45, 7) is 3.91. The van der Waals surface area contributed by atoms with Crippen molar-refractivity contribution in [1.82, 2.24) is 0 Å². The summed E-state index contributed by atoms with van der Waals surface area (Å²) in [5.74, 6) is -0.995. The van der Waals surface area contributed by atoms with Crippen molar-refractivity contribution in [2.75, 3.05) is 0 Å². The first-order valence-corrected chi connectivity index (χ1v) is 6.76. The number of aryl methyl sites for hydroxylation is 2. The third-order valence-electron chi connectivity index (χ3n) is 2.55. The normalized spacial score (nSPS) is 12.6. The molecule has 2 aromatic heterocycles. The summed E-state index contributed by atoms with van der Waals surface area (Å²) in [5.41, 5.74) is 0.989. The van der Waals surface area contributed by atoms with Gasteiger partial charge in [-0.05, 0) is 36.9 Å². The molecule has 2 rings (SSSR count). The van der Waals surface area contributed by atoms with Gasteiger partial charge in [0, 0.05) is 9.75 Å². The zero-order valence-electron chi connectivity index (χ0n) is 9.43. The van der Waals surface area contributed by atoms with Crippen LogP contribution in [0.4, 0.5) is 0 Å². The van der Waals surface area contributed by atoms with Gasteiger partial charge in [0.1, 0.15) is 6.10 Å². The first-order valence-electron chi connectivity index (χ1n) is 5.06. The minimum atomic E-state index is -0.995. The van der Waals surface area contributed by atoms with E-state index < -0.39 is 12.1 Å². The van der Waals surface area contributed by atoms with E-state index >= 15 is 0 Å². The zero-order chi connectivity index (χ0) is 12.6. The molecule has 5 heteroatoms. The van der Waals surface area contributed by atoms with Crippen LogP contribution in [0.3, 0.4) is 0 Å². The maximum absolute atomic E-state index is 11.0. The molecule has 1 atom stereocenters. The molecule has 90 valence electrons. The Kier molecular flexibility index (Phi) is 3.33. The summed E-state index contributed by atoms with van der Waals surface area (Å²) in [7, 11) is 0. The molecule has 0 fully saturated rings. The second kappa shape index (κ2) is 4.60. The summed E-state index contributed by atoms with van der Waals surface area (Å²) in [5, 5.41) is 21.0. The first kappa shape index (κ1) is 12.3. The number of carboxylic acid groups (broad SMARTS) is 1. The van der Waals surface area contributed by atoms with Crippen LogP contribution in [0.15, 0.2) is 17.5 Å². The lowest BCUT2D eigenvalue weighted by Gasteiger charge is -2.09. The molecule has 3 nitrogen and oxygen atoms in total. The fourth-order valence-electron chi connectivity index (χ4n) is 1.77. The summed E-state index contributed by atoms with van der Waals surface area (Å²) in [6.07, 6.45) is -0.842. The molecule has 0 aliphatic rings. The molecule has 1 unspecified atom stereocenters. The summed E-state index contributed by atoms with van der Waals surface area (Å²) in [6, 6.07) is 3.44. The van der Waals surface area contributed by atoms with Crippen LogP contribution >= 0.6 is 22.7 Å². The minimum absolute atomic E-state index is 0.186. The SMILES string of the molecule is Cc1cc(C(O)c2sccc2C(=O)O)c(C)s1. The van der Waals surface area contributed by atoms with Gasteiger partial charge in [0.25, 0.3) is 0 Å². The van der Waals surface area contributed by atoms with Crippen LogP contribution in [-0.4, -0.2) is 16.2 Å². The highest BCUT2D eigenvalue weighted by Crippen LogP contribution is 2.34. The van der Waals surface area contributed by atoms with Crippen LogP contribution in [0.2, 0.25) is 0 Å². The highest BCUT2D eigenvalue weighted by Gasteiger charge is 2.22. The second-order valence-electron chi connectivity index (χ2n) is 3.77. The fraction of sp³-hybridized carbons (Fsp3) is 0.250. The third-order valence-corrected chi connectivity index (χ3v) is 4.50. The van der Waals surface area contributed by atoms with Gasteiger partial charge in [-0.15, -0.1) is 22.7 Å². The monoisotopic (exact) mass is 268 g/mol. The molecule has 0 aliphatic carbocycles. The van der Waals surface area contributed by atoms with Crippen LogP contribution in [0.5, 0.6) is 0 Å². The van der Waals surface area contributed by atoms with E-state index in [1.807, 2.05) is 19.9 Å². The zero-order valence-corrected chi connectivity index (χ0v) is 11.1. The van der Waals surface area contributed by atoms with Gasteiger partial charge in [-0.1, -0.05) is 0 Å². The van der Waals surface area contributed by atoms with E-state index in [1.54, 1.807) is 16.7 Å². The minimum Gasteiger partial charge on any atom is -0.478 e. The van der Waals surface area contributed by atoms with E-state index in [2.05, 4.69) is 0 Å². The second-order valence-corrected chi connectivity index (χ2v) is 6.18. The Morgan fingerprint density at radius 3 is 2.65 bits per heavy atom. The standard InChI is InChI=1S/C12H12O3S2/c1-6-5-9(7(2)17-6)10(13)11-8(12(14)15)3-4-16-11/h3-5,10,13H,1-2H3,(H,14,15). The smallest absolute Gasteiger partial charge is 0.336 e. The number of carboxylic acids is 1. The Hall–Kier alpha value is -1.17. The maximum Gasteiger partial charge on any atom is 0.336 e. The Balaban J connectivity index is 2.43. The van der Waals surface area contributed by atoms with Crippen LogP contribution in [0, 0.1) is 13.8 Å². The van der Waals surface area contributed by atoms with E-state index in [1.165, 1.54) is 17.4 Å². The van der Waals surface area contributed by atoms with Gasteiger partial charge in [-0.3, -0.25) is 0 Å². The molecule has 2 aromatic rings. The molecule has 0 aromatic carbocycles. The molecule has 2 heterocycles. The average molecular weight is 268 g/mol. The number of hydrogen-bond donors (Lipinski definition) is 2. The van der Waals surface area contributed by atoms with Gasteiger partial charge in [0.05, 0.1) is 10.4 Å². The van der Waals surface area contributed by atoms with Crippen molar-refractivity contribution in [1.29, 1.82) is 0 Å². The topological polar surface area (TPSA) is 57.5 Å². The van der Waals surface area contributed by atoms with Crippen molar-refractivity contribution in [3.8, 4) is 0 Å². The quantitative estimate of drug-likeness (QED) is 0.898. The number of carbonyl (C=O) groups is 1. The number of thiophene rings is 2. The molecule has 0 amide bonds. The predicted octanol–water partition coefficient (Wildman–Crippen LogP) is 3.21.